The highest BCUT2D eigenvalue weighted by Crippen LogP contribution is 2.28. The Morgan fingerprint density at radius 2 is 1.81 bits per heavy atom. The van der Waals surface area contributed by atoms with Crippen molar-refractivity contribution >= 4 is 17.3 Å². The van der Waals surface area contributed by atoms with Gasteiger partial charge in [-0.05, 0) is 12.1 Å². The van der Waals surface area contributed by atoms with Crippen LogP contribution in [0, 0.1) is 0 Å². The summed E-state index contributed by atoms with van der Waals surface area (Å²) in [5.74, 6) is 0.862. The fraction of sp³-hybridized carbons (Fsp3) is 0.100. The quantitative estimate of drug-likeness (QED) is 0.482. The second kappa shape index (κ2) is 8.23. The van der Waals surface area contributed by atoms with Crippen LogP contribution in [0.5, 0.6) is 0 Å². The SMILES string of the molecule is O=c1c(Cl)c(NCc2ncc(-c3ccccc3)o2)cnn1-c1ccc(C(F)(F)F)cn1. The maximum atomic E-state index is 12.7. The van der Waals surface area contributed by atoms with Crippen LogP contribution in [0.15, 0.2) is 70.3 Å². The maximum absolute atomic E-state index is 12.7. The molecule has 158 valence electrons. The number of nitrogens with one attached hydrogen (secondary N) is 1. The smallest absolute Gasteiger partial charge is 0.417 e. The fourth-order valence-corrected chi connectivity index (χ4v) is 2.89. The largest absolute Gasteiger partial charge is 0.439 e. The Kier molecular flexibility index (Phi) is 5.47. The molecule has 0 saturated heterocycles. The van der Waals surface area contributed by atoms with Crippen molar-refractivity contribution in [3.63, 3.8) is 0 Å². The topological polar surface area (TPSA) is 85.8 Å². The summed E-state index contributed by atoms with van der Waals surface area (Å²) in [6, 6.07) is 11.3. The lowest BCUT2D eigenvalue weighted by Gasteiger charge is -2.10. The first kappa shape index (κ1) is 20.6. The molecule has 4 rings (SSSR count). The van der Waals surface area contributed by atoms with E-state index in [1.807, 2.05) is 30.3 Å². The lowest BCUT2D eigenvalue weighted by atomic mass is 10.2. The molecule has 0 atom stereocenters. The molecule has 0 aliphatic heterocycles. The van der Waals surface area contributed by atoms with Gasteiger partial charge in [0.05, 0.1) is 30.2 Å². The average Bonchev–Trinajstić information content (AvgIpc) is 3.24. The van der Waals surface area contributed by atoms with Crippen LogP contribution in [0.3, 0.4) is 0 Å². The van der Waals surface area contributed by atoms with Gasteiger partial charge >= 0.3 is 6.18 Å². The zero-order valence-electron chi connectivity index (χ0n) is 15.6. The maximum Gasteiger partial charge on any atom is 0.417 e. The van der Waals surface area contributed by atoms with E-state index >= 15 is 0 Å². The first-order valence-electron chi connectivity index (χ1n) is 8.88. The molecule has 31 heavy (non-hydrogen) atoms. The van der Waals surface area contributed by atoms with E-state index in [9.17, 15) is 18.0 Å². The van der Waals surface area contributed by atoms with Crippen LogP contribution in [-0.2, 0) is 12.7 Å². The molecule has 1 N–H and O–H groups in total. The zero-order chi connectivity index (χ0) is 22.0. The highest BCUT2D eigenvalue weighted by molar-refractivity contribution is 6.32. The van der Waals surface area contributed by atoms with E-state index in [1.165, 1.54) is 6.20 Å². The van der Waals surface area contributed by atoms with Crippen molar-refractivity contribution in [3.8, 4) is 17.1 Å². The van der Waals surface area contributed by atoms with Gasteiger partial charge in [-0.3, -0.25) is 4.79 Å². The van der Waals surface area contributed by atoms with Crippen LogP contribution in [0.4, 0.5) is 18.9 Å². The summed E-state index contributed by atoms with van der Waals surface area (Å²) in [5.41, 5.74) is -0.590. The summed E-state index contributed by atoms with van der Waals surface area (Å²) >= 11 is 6.12. The van der Waals surface area contributed by atoms with E-state index in [4.69, 9.17) is 16.0 Å². The van der Waals surface area contributed by atoms with Crippen molar-refractivity contribution in [1.29, 1.82) is 0 Å². The Morgan fingerprint density at radius 1 is 1.03 bits per heavy atom. The lowest BCUT2D eigenvalue weighted by Crippen LogP contribution is -2.23. The number of anilines is 1. The molecule has 0 spiro atoms. The summed E-state index contributed by atoms with van der Waals surface area (Å²) < 4.78 is 44.5. The molecule has 0 radical (unpaired) electrons. The van der Waals surface area contributed by atoms with Crippen molar-refractivity contribution < 1.29 is 17.6 Å². The summed E-state index contributed by atoms with van der Waals surface area (Å²) in [4.78, 5) is 20.3. The van der Waals surface area contributed by atoms with E-state index in [1.54, 1.807) is 6.20 Å². The number of pyridine rings is 1. The van der Waals surface area contributed by atoms with Crippen LogP contribution in [0.1, 0.15) is 11.5 Å². The number of hydrogen-bond donors (Lipinski definition) is 1. The molecule has 11 heteroatoms. The van der Waals surface area contributed by atoms with E-state index in [0.29, 0.717) is 17.8 Å². The summed E-state index contributed by atoms with van der Waals surface area (Å²) in [6.45, 7) is 0.135. The minimum atomic E-state index is -4.53. The molecule has 0 aliphatic carbocycles. The number of halogens is 4. The van der Waals surface area contributed by atoms with Gasteiger partial charge < -0.3 is 9.73 Å². The number of hydrogen-bond acceptors (Lipinski definition) is 6. The minimum absolute atomic E-state index is 0.0911. The first-order chi connectivity index (χ1) is 14.8. The standard InChI is InChI=1S/C20H13ClF3N5O2/c21-18-14(25-11-17-27-10-15(31-17)12-4-2-1-3-5-12)9-28-29(19(18)30)16-7-6-13(8-26-16)20(22,23)24/h1-10,25H,11H2. The number of rotatable bonds is 5. The number of oxazole rings is 1. The molecule has 0 aliphatic rings. The summed E-state index contributed by atoms with van der Waals surface area (Å²) in [6.07, 6.45) is -1.06. The Bertz CT molecular complexity index is 1250. The number of nitrogens with zero attached hydrogens (tertiary/aromatic N) is 4. The monoisotopic (exact) mass is 447 g/mol. The van der Waals surface area contributed by atoms with Gasteiger partial charge in [0.25, 0.3) is 5.56 Å². The van der Waals surface area contributed by atoms with Crippen molar-refractivity contribution in [3.05, 3.63) is 87.9 Å². The molecule has 0 unspecified atom stereocenters. The van der Waals surface area contributed by atoms with Crippen molar-refractivity contribution in [2.45, 2.75) is 12.7 Å². The van der Waals surface area contributed by atoms with E-state index in [0.717, 1.165) is 22.4 Å². The van der Waals surface area contributed by atoms with E-state index in [-0.39, 0.29) is 23.1 Å². The Morgan fingerprint density at radius 3 is 2.48 bits per heavy atom. The normalized spacial score (nSPS) is 11.5. The van der Waals surface area contributed by atoms with Crippen LogP contribution in [-0.4, -0.2) is 19.7 Å². The number of benzene rings is 1. The third-order valence-corrected chi connectivity index (χ3v) is 4.62. The fourth-order valence-electron chi connectivity index (χ4n) is 2.70. The van der Waals surface area contributed by atoms with Gasteiger partial charge in [-0.15, -0.1) is 0 Å². The predicted molar refractivity (Wildman–Crippen MR) is 107 cm³/mol. The van der Waals surface area contributed by atoms with Gasteiger partial charge in [0, 0.05) is 11.8 Å². The summed E-state index contributed by atoms with van der Waals surface area (Å²) in [7, 11) is 0. The first-order valence-corrected chi connectivity index (χ1v) is 9.26. The van der Waals surface area contributed by atoms with Gasteiger partial charge in [0.1, 0.15) is 5.02 Å². The highest BCUT2D eigenvalue weighted by atomic mass is 35.5. The Labute approximate surface area is 178 Å². The van der Waals surface area contributed by atoms with Crippen LogP contribution < -0.4 is 10.9 Å². The van der Waals surface area contributed by atoms with Gasteiger partial charge in [-0.25, -0.2) is 9.97 Å². The van der Waals surface area contributed by atoms with Crippen LogP contribution in [0.25, 0.3) is 17.1 Å². The molecule has 1 aromatic carbocycles. The van der Waals surface area contributed by atoms with E-state index in [2.05, 4.69) is 20.4 Å². The van der Waals surface area contributed by atoms with Gasteiger partial charge in [-0.1, -0.05) is 41.9 Å². The minimum Gasteiger partial charge on any atom is -0.439 e. The van der Waals surface area contributed by atoms with Gasteiger partial charge in [0.15, 0.2) is 11.6 Å². The third-order valence-electron chi connectivity index (χ3n) is 4.25. The second-order valence-corrected chi connectivity index (χ2v) is 6.71. The molecule has 0 amide bonds. The molecular weight excluding hydrogens is 435 g/mol. The van der Waals surface area contributed by atoms with Crippen LogP contribution in [0.2, 0.25) is 5.02 Å². The molecule has 4 aromatic rings. The number of alkyl halides is 3. The molecular formula is C20H13ClF3N5O2. The zero-order valence-corrected chi connectivity index (χ0v) is 16.4. The third kappa shape index (κ3) is 4.43. The van der Waals surface area contributed by atoms with Crippen molar-refractivity contribution in [2.24, 2.45) is 0 Å². The predicted octanol–water partition coefficient (Wildman–Crippen LogP) is 4.57. The van der Waals surface area contributed by atoms with E-state index < -0.39 is 17.3 Å². The molecule has 3 aromatic heterocycles. The average molecular weight is 448 g/mol. The highest BCUT2D eigenvalue weighted by Gasteiger charge is 2.30. The lowest BCUT2D eigenvalue weighted by molar-refractivity contribution is -0.137. The van der Waals surface area contributed by atoms with Crippen LogP contribution >= 0.6 is 11.6 Å². The number of aromatic nitrogens is 4. The van der Waals surface area contributed by atoms with Crippen molar-refractivity contribution in [1.82, 2.24) is 19.7 Å². The second-order valence-electron chi connectivity index (χ2n) is 6.33. The summed E-state index contributed by atoms with van der Waals surface area (Å²) in [5, 5.41) is 6.64. The van der Waals surface area contributed by atoms with Gasteiger partial charge in [-0.2, -0.15) is 23.0 Å². The Balaban J connectivity index is 1.50. The molecule has 0 fully saturated rings. The van der Waals surface area contributed by atoms with Gasteiger partial charge in [0.2, 0.25) is 5.89 Å². The van der Waals surface area contributed by atoms with Crippen molar-refractivity contribution in [2.75, 3.05) is 5.32 Å². The molecule has 3 heterocycles. The molecule has 7 nitrogen and oxygen atoms in total. The molecule has 0 bridgehead atoms. The molecule has 0 saturated carbocycles. The Hall–Kier alpha value is -3.66.